The highest BCUT2D eigenvalue weighted by molar-refractivity contribution is 6.35. The van der Waals surface area contributed by atoms with Gasteiger partial charge in [-0.25, -0.2) is 0 Å². The Labute approximate surface area is 152 Å². The predicted octanol–water partition coefficient (Wildman–Crippen LogP) is 4.33. The summed E-state index contributed by atoms with van der Waals surface area (Å²) in [4.78, 5) is 4.54. The predicted molar refractivity (Wildman–Crippen MR) is 92.0 cm³/mol. The van der Waals surface area contributed by atoms with Crippen LogP contribution in [0.4, 0.5) is 13.2 Å². The molecule has 0 atom stereocenters. The lowest BCUT2D eigenvalue weighted by atomic mass is 9.97. The quantitative estimate of drug-likeness (QED) is 0.634. The minimum Gasteiger partial charge on any atom is -0.285 e. The van der Waals surface area contributed by atoms with Gasteiger partial charge in [0.15, 0.2) is 0 Å². The highest BCUT2D eigenvalue weighted by Crippen LogP contribution is 2.34. The number of hydrogen-bond donors (Lipinski definition) is 0. The monoisotopic (exact) mass is 376 g/mol. The van der Waals surface area contributed by atoms with Crippen LogP contribution in [-0.4, -0.2) is 27.0 Å². The number of aromatic nitrogens is 3. The topological polar surface area (TPSA) is 43.1 Å². The average Bonchev–Trinajstić information content (AvgIpc) is 3.04. The summed E-state index contributed by atoms with van der Waals surface area (Å²) >= 11 is 6.29. The van der Waals surface area contributed by atoms with Gasteiger partial charge in [0, 0.05) is 29.1 Å². The van der Waals surface area contributed by atoms with E-state index in [0.29, 0.717) is 46.3 Å². The van der Waals surface area contributed by atoms with Gasteiger partial charge in [0.1, 0.15) is 12.2 Å². The van der Waals surface area contributed by atoms with Gasteiger partial charge in [-0.15, -0.1) is 10.2 Å². The lowest BCUT2D eigenvalue weighted by Crippen LogP contribution is -2.17. The van der Waals surface area contributed by atoms with Crippen LogP contribution in [0.25, 0.3) is 5.69 Å². The Hall–Kier alpha value is -2.67. The smallest absolute Gasteiger partial charge is 0.285 e. The van der Waals surface area contributed by atoms with Gasteiger partial charge in [-0.3, -0.25) is 9.56 Å². The lowest BCUT2D eigenvalue weighted by molar-refractivity contribution is -0.137. The van der Waals surface area contributed by atoms with Crippen LogP contribution in [0.5, 0.6) is 0 Å². The number of halogens is 4. The fourth-order valence-electron chi connectivity index (χ4n) is 2.98. The molecule has 8 heteroatoms. The molecule has 0 bridgehead atoms. The normalized spacial score (nSPS) is 14.1. The first-order chi connectivity index (χ1) is 12.4. The van der Waals surface area contributed by atoms with Crippen molar-refractivity contribution >= 4 is 17.3 Å². The summed E-state index contributed by atoms with van der Waals surface area (Å²) in [7, 11) is 0. The third-order valence-electron chi connectivity index (χ3n) is 4.19. The third kappa shape index (κ3) is 2.88. The second-order valence-corrected chi connectivity index (χ2v) is 6.21. The molecule has 2 heterocycles. The van der Waals surface area contributed by atoms with Gasteiger partial charge in [0.2, 0.25) is 0 Å². The number of benzene rings is 2. The zero-order chi connectivity index (χ0) is 18.3. The van der Waals surface area contributed by atoms with E-state index in [1.54, 1.807) is 28.8 Å². The number of aliphatic imine (C=N–C) groups is 1. The average molecular weight is 377 g/mol. The second kappa shape index (κ2) is 6.25. The van der Waals surface area contributed by atoms with Crippen LogP contribution in [0.3, 0.4) is 0 Å². The standard InChI is InChI=1S/C18H12ClF3N4/c19-14-4-2-1-3-12(14)17-13-9-11(18(20,21)22)5-6-15(13)26-10-24-25-16(26)7-8-23-17/h1-6,9-10H,7-8H2. The van der Waals surface area contributed by atoms with E-state index in [9.17, 15) is 13.2 Å². The summed E-state index contributed by atoms with van der Waals surface area (Å²) in [5.41, 5.74) is 1.15. The molecule has 4 nitrogen and oxygen atoms in total. The van der Waals surface area contributed by atoms with Crippen LogP contribution in [-0.2, 0) is 12.6 Å². The lowest BCUT2D eigenvalue weighted by Gasteiger charge is -2.19. The zero-order valence-electron chi connectivity index (χ0n) is 13.3. The number of hydrogen-bond acceptors (Lipinski definition) is 3. The van der Waals surface area contributed by atoms with Gasteiger partial charge >= 0.3 is 6.18 Å². The number of alkyl halides is 3. The Morgan fingerprint density at radius 3 is 2.62 bits per heavy atom. The van der Waals surface area contributed by atoms with E-state index in [0.717, 1.165) is 12.1 Å². The van der Waals surface area contributed by atoms with Crippen molar-refractivity contribution in [3.05, 3.63) is 76.3 Å². The van der Waals surface area contributed by atoms with Crippen molar-refractivity contribution in [2.45, 2.75) is 12.6 Å². The molecule has 1 aliphatic heterocycles. The van der Waals surface area contributed by atoms with E-state index in [-0.39, 0.29) is 0 Å². The second-order valence-electron chi connectivity index (χ2n) is 5.81. The van der Waals surface area contributed by atoms with Crippen molar-refractivity contribution in [3.8, 4) is 5.69 Å². The largest absolute Gasteiger partial charge is 0.416 e. The molecule has 0 saturated carbocycles. The molecule has 0 saturated heterocycles. The first-order valence-corrected chi connectivity index (χ1v) is 8.23. The summed E-state index contributed by atoms with van der Waals surface area (Å²) in [6.07, 6.45) is -2.44. The van der Waals surface area contributed by atoms with E-state index < -0.39 is 11.7 Å². The van der Waals surface area contributed by atoms with E-state index >= 15 is 0 Å². The van der Waals surface area contributed by atoms with Crippen LogP contribution in [0.2, 0.25) is 5.02 Å². The summed E-state index contributed by atoms with van der Waals surface area (Å²) in [6, 6.07) is 10.6. The van der Waals surface area contributed by atoms with E-state index in [1.165, 1.54) is 12.4 Å². The van der Waals surface area contributed by atoms with Crippen LogP contribution in [0.1, 0.15) is 22.5 Å². The van der Waals surface area contributed by atoms with Gasteiger partial charge in [-0.1, -0.05) is 29.8 Å². The van der Waals surface area contributed by atoms with E-state index in [1.807, 2.05) is 0 Å². The summed E-state index contributed by atoms with van der Waals surface area (Å²) in [5.74, 6) is 0.646. The van der Waals surface area contributed by atoms with Crippen LogP contribution < -0.4 is 0 Å². The van der Waals surface area contributed by atoms with Crippen LogP contribution >= 0.6 is 11.6 Å². The van der Waals surface area contributed by atoms with Crippen molar-refractivity contribution < 1.29 is 13.2 Å². The SMILES string of the molecule is FC(F)(F)c1ccc2c(c1)C(c1ccccc1Cl)=NCCc1nncn1-2. The molecule has 0 fully saturated rings. The van der Waals surface area contributed by atoms with Crippen molar-refractivity contribution in [3.63, 3.8) is 0 Å². The Morgan fingerprint density at radius 1 is 1.04 bits per heavy atom. The Bertz CT molecular complexity index is 1010. The van der Waals surface area contributed by atoms with Gasteiger partial charge < -0.3 is 0 Å². The van der Waals surface area contributed by atoms with Crippen LogP contribution in [0, 0.1) is 0 Å². The fraction of sp³-hybridized carbons (Fsp3) is 0.167. The molecule has 0 amide bonds. The molecule has 0 radical (unpaired) electrons. The molecule has 0 spiro atoms. The molecule has 4 rings (SSSR count). The molecular formula is C18H12ClF3N4. The number of nitrogens with zero attached hydrogens (tertiary/aromatic N) is 4. The fourth-order valence-corrected chi connectivity index (χ4v) is 3.20. The summed E-state index contributed by atoms with van der Waals surface area (Å²) in [5, 5.41) is 8.36. The van der Waals surface area contributed by atoms with Gasteiger partial charge in [-0.05, 0) is 24.3 Å². The number of fused-ring (bicyclic) bond motifs is 3. The Kier molecular flexibility index (Phi) is 4.03. The number of rotatable bonds is 1. The van der Waals surface area contributed by atoms with Gasteiger partial charge in [0.25, 0.3) is 0 Å². The minimum absolute atomic E-state index is 0.341. The maximum absolute atomic E-state index is 13.3. The molecule has 0 N–H and O–H groups in total. The molecule has 2 aromatic carbocycles. The zero-order valence-corrected chi connectivity index (χ0v) is 14.1. The molecule has 3 aromatic rings. The summed E-state index contributed by atoms with van der Waals surface area (Å²) in [6.45, 7) is 0.370. The van der Waals surface area contributed by atoms with Crippen molar-refractivity contribution in [1.29, 1.82) is 0 Å². The molecule has 1 aliphatic rings. The first-order valence-electron chi connectivity index (χ1n) is 7.85. The molecule has 1 aromatic heterocycles. The molecule has 132 valence electrons. The summed E-state index contributed by atoms with van der Waals surface area (Å²) < 4.78 is 41.6. The molecule has 0 aliphatic carbocycles. The van der Waals surface area contributed by atoms with E-state index in [2.05, 4.69) is 15.2 Å². The maximum Gasteiger partial charge on any atom is 0.416 e. The Morgan fingerprint density at radius 2 is 1.85 bits per heavy atom. The highest BCUT2D eigenvalue weighted by atomic mass is 35.5. The third-order valence-corrected chi connectivity index (χ3v) is 4.52. The van der Waals surface area contributed by atoms with E-state index in [4.69, 9.17) is 11.6 Å². The molecule has 0 unspecified atom stereocenters. The van der Waals surface area contributed by atoms with Crippen molar-refractivity contribution in [2.75, 3.05) is 6.54 Å². The highest BCUT2D eigenvalue weighted by Gasteiger charge is 2.32. The molecule has 26 heavy (non-hydrogen) atoms. The maximum atomic E-state index is 13.3. The van der Waals surface area contributed by atoms with Crippen LogP contribution in [0.15, 0.2) is 53.8 Å². The Balaban J connectivity index is 2.00. The van der Waals surface area contributed by atoms with Crippen molar-refractivity contribution in [1.82, 2.24) is 14.8 Å². The minimum atomic E-state index is -4.46. The van der Waals surface area contributed by atoms with Gasteiger partial charge in [0.05, 0.1) is 17.0 Å². The first kappa shape index (κ1) is 16.8. The molecular weight excluding hydrogens is 365 g/mol. The van der Waals surface area contributed by atoms with Crippen molar-refractivity contribution in [2.24, 2.45) is 4.99 Å². The van der Waals surface area contributed by atoms with Gasteiger partial charge in [-0.2, -0.15) is 13.2 Å².